The van der Waals surface area contributed by atoms with Gasteiger partial charge < -0.3 is 10.6 Å². The smallest absolute Gasteiger partial charge is 0.382 e. The van der Waals surface area contributed by atoms with Crippen LogP contribution in [0.4, 0.5) is 24.7 Å². The van der Waals surface area contributed by atoms with Gasteiger partial charge in [0.15, 0.2) is 0 Å². The molecule has 0 aromatic carbocycles. The molecular formula is C8H13F3N4. The molecule has 0 saturated heterocycles. The topological polar surface area (TPSA) is 57.9 Å². The summed E-state index contributed by atoms with van der Waals surface area (Å²) in [4.78, 5) is 1.17. The molecule has 1 aromatic rings. The Bertz CT molecular complexity index is 307. The van der Waals surface area contributed by atoms with Crippen molar-refractivity contribution in [2.45, 2.75) is 19.5 Å². The Kier molecular flexibility index (Phi) is 3.43. The van der Waals surface area contributed by atoms with Gasteiger partial charge in [-0.1, -0.05) is 6.92 Å². The fraction of sp³-hybridized carbons (Fsp3) is 0.625. The van der Waals surface area contributed by atoms with Gasteiger partial charge in [0.1, 0.15) is 12.4 Å². The highest BCUT2D eigenvalue weighted by molar-refractivity contribution is 5.62. The molecule has 7 heteroatoms. The van der Waals surface area contributed by atoms with E-state index in [1.165, 1.54) is 11.1 Å². The molecule has 3 N–H and O–H groups in total. The Hall–Kier alpha value is -1.40. The largest absolute Gasteiger partial charge is 0.405 e. The van der Waals surface area contributed by atoms with E-state index in [1.54, 1.807) is 6.92 Å². The predicted octanol–water partition coefficient (Wildman–Crippen LogP) is 1.77. The summed E-state index contributed by atoms with van der Waals surface area (Å²) >= 11 is 0. The van der Waals surface area contributed by atoms with Crippen molar-refractivity contribution in [3.63, 3.8) is 0 Å². The van der Waals surface area contributed by atoms with Crippen molar-refractivity contribution in [2.75, 3.05) is 23.7 Å². The third-order valence-corrected chi connectivity index (χ3v) is 1.85. The molecule has 0 amide bonds. The van der Waals surface area contributed by atoms with Crippen LogP contribution in [0, 0.1) is 0 Å². The molecule has 0 aliphatic carbocycles. The highest BCUT2D eigenvalue weighted by Gasteiger charge is 2.31. The summed E-state index contributed by atoms with van der Waals surface area (Å²) in [5, 5.41) is 6.01. The van der Waals surface area contributed by atoms with Crippen molar-refractivity contribution in [1.29, 1.82) is 0 Å². The summed E-state index contributed by atoms with van der Waals surface area (Å²) < 4.78 is 36.7. The lowest BCUT2D eigenvalue weighted by Gasteiger charge is -2.24. The van der Waals surface area contributed by atoms with Crippen LogP contribution in [-0.4, -0.2) is 29.5 Å². The van der Waals surface area contributed by atoms with E-state index in [-0.39, 0.29) is 5.82 Å². The first kappa shape index (κ1) is 11.7. The lowest BCUT2D eigenvalue weighted by molar-refractivity contribution is -0.119. The Morgan fingerprint density at radius 2 is 2.20 bits per heavy atom. The molecule has 0 radical (unpaired) electrons. The van der Waals surface area contributed by atoms with E-state index < -0.39 is 12.7 Å². The maximum absolute atomic E-state index is 12.2. The summed E-state index contributed by atoms with van der Waals surface area (Å²) in [6, 6.07) is 0. The third kappa shape index (κ3) is 3.34. The van der Waals surface area contributed by atoms with Crippen molar-refractivity contribution >= 4 is 11.5 Å². The Balaban J connectivity index is 2.79. The fourth-order valence-electron chi connectivity index (χ4n) is 1.31. The average Bonchev–Trinajstić information content (AvgIpc) is 2.48. The maximum Gasteiger partial charge on any atom is 0.405 e. The summed E-state index contributed by atoms with van der Waals surface area (Å²) in [5.41, 5.74) is 5.76. The van der Waals surface area contributed by atoms with Gasteiger partial charge in [-0.2, -0.15) is 18.3 Å². The summed E-state index contributed by atoms with van der Waals surface area (Å²) in [7, 11) is 0. The van der Waals surface area contributed by atoms with Crippen LogP contribution in [0.2, 0.25) is 0 Å². The molecule has 0 aliphatic rings. The molecule has 0 aliphatic heterocycles. The number of hydrogen-bond donors (Lipinski definition) is 2. The quantitative estimate of drug-likeness (QED) is 0.816. The van der Waals surface area contributed by atoms with Crippen LogP contribution in [0.3, 0.4) is 0 Å². The number of halogens is 3. The first-order chi connectivity index (χ1) is 6.94. The van der Waals surface area contributed by atoms with E-state index in [0.717, 1.165) is 0 Å². The van der Waals surface area contributed by atoms with E-state index in [4.69, 9.17) is 5.73 Å². The summed E-state index contributed by atoms with van der Waals surface area (Å²) in [6.45, 7) is 1.09. The van der Waals surface area contributed by atoms with Crippen LogP contribution in [0.25, 0.3) is 0 Å². The zero-order valence-electron chi connectivity index (χ0n) is 8.30. The van der Waals surface area contributed by atoms with Gasteiger partial charge in [-0.05, 0) is 6.42 Å². The van der Waals surface area contributed by atoms with E-state index in [1.807, 2.05) is 0 Å². The number of anilines is 2. The molecule has 0 bridgehead atoms. The number of rotatable bonds is 4. The van der Waals surface area contributed by atoms with Crippen LogP contribution in [0.15, 0.2) is 6.20 Å². The molecule has 1 heterocycles. The number of aromatic nitrogens is 2. The van der Waals surface area contributed by atoms with E-state index >= 15 is 0 Å². The number of aromatic amines is 1. The molecule has 0 fully saturated rings. The first-order valence-electron chi connectivity index (χ1n) is 4.54. The number of hydrogen-bond acceptors (Lipinski definition) is 3. The molecule has 0 spiro atoms. The number of nitrogens with two attached hydrogens (primary N) is 1. The van der Waals surface area contributed by atoms with Gasteiger partial charge in [0.25, 0.3) is 0 Å². The third-order valence-electron chi connectivity index (χ3n) is 1.85. The lowest BCUT2D eigenvalue weighted by Crippen LogP contribution is -2.35. The number of H-pyrrole nitrogens is 1. The molecule has 0 saturated carbocycles. The van der Waals surface area contributed by atoms with Crippen LogP contribution < -0.4 is 10.6 Å². The minimum absolute atomic E-state index is 0.160. The second-order valence-corrected chi connectivity index (χ2v) is 3.21. The second kappa shape index (κ2) is 4.41. The molecule has 4 nitrogen and oxygen atoms in total. The summed E-state index contributed by atoms with van der Waals surface area (Å²) in [5.74, 6) is 0.160. The zero-order valence-corrected chi connectivity index (χ0v) is 8.30. The number of alkyl halides is 3. The molecule has 0 atom stereocenters. The van der Waals surface area contributed by atoms with Gasteiger partial charge in [-0.25, -0.2) is 0 Å². The van der Waals surface area contributed by atoms with Crippen molar-refractivity contribution in [2.24, 2.45) is 0 Å². The highest BCUT2D eigenvalue weighted by Crippen LogP contribution is 2.25. The molecule has 15 heavy (non-hydrogen) atoms. The monoisotopic (exact) mass is 222 g/mol. The van der Waals surface area contributed by atoms with Crippen molar-refractivity contribution in [3.8, 4) is 0 Å². The van der Waals surface area contributed by atoms with Gasteiger partial charge in [0.05, 0.1) is 11.9 Å². The van der Waals surface area contributed by atoms with Crippen LogP contribution in [0.1, 0.15) is 13.3 Å². The second-order valence-electron chi connectivity index (χ2n) is 3.21. The van der Waals surface area contributed by atoms with Crippen molar-refractivity contribution < 1.29 is 13.2 Å². The minimum Gasteiger partial charge on any atom is -0.382 e. The SMILES string of the molecule is CCCN(CC(F)(F)F)c1cn[nH]c1N. The van der Waals surface area contributed by atoms with Gasteiger partial charge in [-0.15, -0.1) is 0 Å². The molecule has 1 rings (SSSR count). The average molecular weight is 222 g/mol. The van der Waals surface area contributed by atoms with E-state index in [0.29, 0.717) is 18.7 Å². The first-order valence-corrected chi connectivity index (χ1v) is 4.54. The molecule has 0 unspecified atom stereocenters. The lowest BCUT2D eigenvalue weighted by atomic mass is 10.3. The number of nitrogen functional groups attached to an aromatic ring is 1. The molecule has 86 valence electrons. The fourth-order valence-corrected chi connectivity index (χ4v) is 1.31. The predicted molar refractivity (Wildman–Crippen MR) is 51.6 cm³/mol. The molecule has 1 aromatic heterocycles. The van der Waals surface area contributed by atoms with E-state index in [2.05, 4.69) is 10.2 Å². The van der Waals surface area contributed by atoms with Gasteiger partial charge in [0, 0.05) is 6.54 Å². The van der Waals surface area contributed by atoms with Crippen molar-refractivity contribution in [1.82, 2.24) is 10.2 Å². The Morgan fingerprint density at radius 3 is 2.60 bits per heavy atom. The van der Waals surface area contributed by atoms with Gasteiger partial charge in [-0.3, -0.25) is 5.10 Å². The van der Waals surface area contributed by atoms with Gasteiger partial charge >= 0.3 is 6.18 Å². The normalized spacial score (nSPS) is 11.7. The minimum atomic E-state index is -4.24. The molecular weight excluding hydrogens is 209 g/mol. The standard InChI is InChI=1S/C8H13F3N4/c1-2-3-15(5-8(9,10)11)6-4-13-14-7(6)12/h4H,2-3,5H2,1H3,(H3,12,13,14). The van der Waals surface area contributed by atoms with Crippen LogP contribution >= 0.6 is 0 Å². The van der Waals surface area contributed by atoms with Crippen LogP contribution in [-0.2, 0) is 0 Å². The highest BCUT2D eigenvalue weighted by atomic mass is 19.4. The summed E-state index contributed by atoms with van der Waals surface area (Å²) in [6.07, 6.45) is -2.32. The number of nitrogens with zero attached hydrogens (tertiary/aromatic N) is 2. The number of nitrogens with one attached hydrogen (secondary N) is 1. The van der Waals surface area contributed by atoms with Gasteiger partial charge in [0.2, 0.25) is 0 Å². The zero-order chi connectivity index (χ0) is 11.5. The van der Waals surface area contributed by atoms with Crippen molar-refractivity contribution in [3.05, 3.63) is 6.20 Å². The Morgan fingerprint density at radius 1 is 1.53 bits per heavy atom. The van der Waals surface area contributed by atoms with E-state index in [9.17, 15) is 13.2 Å². The Labute approximate surface area is 85.2 Å². The van der Waals surface area contributed by atoms with Crippen LogP contribution in [0.5, 0.6) is 0 Å². The maximum atomic E-state index is 12.2.